The Morgan fingerprint density at radius 1 is 0.540 bits per heavy atom. The molecule has 0 bridgehead atoms. The minimum atomic E-state index is 1.13. The lowest BCUT2D eigenvalue weighted by atomic mass is 9.88. The van der Waals surface area contributed by atoms with Crippen LogP contribution in [0.2, 0.25) is 0 Å². The van der Waals surface area contributed by atoms with E-state index in [9.17, 15) is 0 Å². The average Bonchev–Trinajstić information content (AvgIpc) is 3.51. The fourth-order valence-electron chi connectivity index (χ4n) is 7.78. The highest BCUT2D eigenvalue weighted by Crippen LogP contribution is 2.39. The van der Waals surface area contributed by atoms with E-state index in [4.69, 9.17) is 0 Å². The van der Waals surface area contributed by atoms with Crippen molar-refractivity contribution in [2.45, 2.75) is 46.5 Å². The summed E-state index contributed by atoms with van der Waals surface area (Å²) in [5.74, 6) is 0. The van der Waals surface area contributed by atoms with Crippen LogP contribution in [-0.2, 0) is 0 Å². The summed E-state index contributed by atoms with van der Waals surface area (Å²) in [6, 6.07) is 46.4. The summed E-state index contributed by atoms with van der Waals surface area (Å²) in [5, 5.41) is 5.32. The van der Waals surface area contributed by atoms with E-state index < -0.39 is 0 Å². The Balaban J connectivity index is 0.000000146. The number of para-hydroxylation sites is 2. The number of rotatable bonds is 4. The van der Waals surface area contributed by atoms with Gasteiger partial charge in [0, 0.05) is 16.5 Å². The van der Waals surface area contributed by atoms with Gasteiger partial charge in [-0.25, -0.2) is 0 Å². The van der Waals surface area contributed by atoms with Crippen molar-refractivity contribution >= 4 is 43.7 Å². The van der Waals surface area contributed by atoms with Gasteiger partial charge >= 0.3 is 0 Å². The van der Waals surface area contributed by atoms with Gasteiger partial charge < -0.3 is 4.57 Å². The van der Waals surface area contributed by atoms with Crippen LogP contribution in [-0.4, -0.2) is 4.57 Å². The first-order valence-corrected chi connectivity index (χ1v) is 18.0. The zero-order chi connectivity index (χ0) is 34.0. The molecule has 6 aromatic carbocycles. The van der Waals surface area contributed by atoms with Crippen molar-refractivity contribution in [1.29, 1.82) is 0 Å². The molecule has 7 aromatic rings. The first-order valence-electron chi connectivity index (χ1n) is 18.0. The monoisotopic (exact) mass is 645 g/mol. The molecule has 1 aromatic heterocycles. The van der Waals surface area contributed by atoms with Gasteiger partial charge in [-0.05, 0) is 132 Å². The summed E-state index contributed by atoms with van der Waals surface area (Å²) in [6.07, 6.45) is 16.0. The minimum Gasteiger partial charge on any atom is -0.309 e. The van der Waals surface area contributed by atoms with E-state index in [0.717, 1.165) is 25.7 Å². The SMILES string of the molecule is CC1=C(c2ccc3c(c2C)c2ccccc2n3-c2ccccc2)CCC=C1.Cc1ccc2cc(-c3ccc(C4=CCCC=C4)cc3)ccc2c1. The second-order valence-corrected chi connectivity index (χ2v) is 13.7. The molecule has 9 rings (SSSR count). The van der Waals surface area contributed by atoms with Gasteiger partial charge in [-0.2, -0.15) is 0 Å². The molecular formula is C49H43N. The maximum Gasteiger partial charge on any atom is 0.0544 e. The number of fused-ring (bicyclic) bond motifs is 4. The maximum atomic E-state index is 2.39. The van der Waals surface area contributed by atoms with Crippen molar-refractivity contribution in [1.82, 2.24) is 4.57 Å². The second-order valence-electron chi connectivity index (χ2n) is 13.7. The van der Waals surface area contributed by atoms with Gasteiger partial charge in [0.05, 0.1) is 11.0 Å². The smallest absolute Gasteiger partial charge is 0.0544 e. The van der Waals surface area contributed by atoms with E-state index in [0.29, 0.717) is 0 Å². The first-order chi connectivity index (χ1) is 24.5. The first kappa shape index (κ1) is 31.6. The van der Waals surface area contributed by atoms with Gasteiger partial charge in [0.25, 0.3) is 0 Å². The molecule has 1 heterocycles. The lowest BCUT2D eigenvalue weighted by Crippen LogP contribution is -1.97. The highest BCUT2D eigenvalue weighted by atomic mass is 15.0. The van der Waals surface area contributed by atoms with Gasteiger partial charge in [0.1, 0.15) is 0 Å². The summed E-state index contributed by atoms with van der Waals surface area (Å²) in [7, 11) is 0. The molecule has 50 heavy (non-hydrogen) atoms. The molecule has 1 nitrogen and oxygen atoms in total. The number of aryl methyl sites for hydroxylation is 2. The Labute approximate surface area is 296 Å². The van der Waals surface area contributed by atoms with Crippen molar-refractivity contribution in [3.63, 3.8) is 0 Å². The Morgan fingerprint density at radius 3 is 2.06 bits per heavy atom. The quantitative estimate of drug-likeness (QED) is 0.179. The zero-order valence-electron chi connectivity index (χ0n) is 29.3. The van der Waals surface area contributed by atoms with Crippen LogP contribution in [0.3, 0.4) is 0 Å². The van der Waals surface area contributed by atoms with Crippen molar-refractivity contribution in [2.24, 2.45) is 0 Å². The topological polar surface area (TPSA) is 4.93 Å². The number of hydrogen-bond acceptors (Lipinski definition) is 0. The Morgan fingerprint density at radius 2 is 1.26 bits per heavy atom. The van der Waals surface area contributed by atoms with Crippen molar-refractivity contribution in [3.05, 3.63) is 186 Å². The molecule has 0 amide bonds. The number of hydrogen-bond donors (Lipinski definition) is 0. The Bertz CT molecular complexity index is 2480. The molecule has 0 saturated carbocycles. The van der Waals surface area contributed by atoms with Crippen molar-refractivity contribution < 1.29 is 0 Å². The zero-order valence-corrected chi connectivity index (χ0v) is 29.3. The third-order valence-corrected chi connectivity index (χ3v) is 10.4. The van der Waals surface area contributed by atoms with Gasteiger partial charge in [-0.1, -0.05) is 133 Å². The minimum absolute atomic E-state index is 1.13. The molecule has 0 saturated heterocycles. The summed E-state index contributed by atoms with van der Waals surface area (Å²) >= 11 is 0. The van der Waals surface area contributed by atoms with E-state index in [2.05, 4.69) is 183 Å². The number of benzene rings is 6. The van der Waals surface area contributed by atoms with Crippen LogP contribution < -0.4 is 0 Å². The molecule has 0 unspecified atom stereocenters. The van der Waals surface area contributed by atoms with Crippen LogP contribution in [0.15, 0.2) is 163 Å². The molecule has 0 spiro atoms. The van der Waals surface area contributed by atoms with Gasteiger partial charge in [-0.3, -0.25) is 0 Å². The Hall–Kier alpha value is -5.66. The second kappa shape index (κ2) is 13.7. The van der Waals surface area contributed by atoms with Crippen LogP contribution in [0.4, 0.5) is 0 Å². The maximum absolute atomic E-state index is 2.39. The summed E-state index contributed by atoms with van der Waals surface area (Å²) in [4.78, 5) is 0. The molecule has 1 heteroatoms. The lowest BCUT2D eigenvalue weighted by Gasteiger charge is -2.17. The highest BCUT2D eigenvalue weighted by molar-refractivity contribution is 6.12. The molecule has 0 radical (unpaired) electrons. The third-order valence-electron chi connectivity index (χ3n) is 10.4. The fraction of sp³-hybridized carbons (Fsp3) is 0.143. The third kappa shape index (κ3) is 6.05. The largest absolute Gasteiger partial charge is 0.309 e. The van der Waals surface area contributed by atoms with E-state index in [1.54, 1.807) is 0 Å². The van der Waals surface area contributed by atoms with Gasteiger partial charge in [-0.15, -0.1) is 0 Å². The van der Waals surface area contributed by atoms with Crippen LogP contribution >= 0.6 is 0 Å². The Kier molecular flexibility index (Phi) is 8.65. The lowest BCUT2D eigenvalue weighted by molar-refractivity contribution is 1.03. The molecule has 2 aliphatic rings. The molecule has 2 aliphatic carbocycles. The standard InChI is InChI=1S/C26H23N.C23H20/c1-18-10-6-7-13-21(18)22-16-17-25-26(19(22)2)23-14-8-9-15-24(23)27(25)20-11-4-3-5-12-20;1-17-7-8-23-16-22(14-13-21(23)15-17)20-11-9-19(10-12-20)18-5-3-2-4-6-18/h3-6,8-12,14-17H,7,13H2,1-2H3;3,5-16H,2,4H2,1H3. The molecule has 0 aliphatic heterocycles. The summed E-state index contributed by atoms with van der Waals surface area (Å²) in [6.45, 7) is 6.67. The van der Waals surface area contributed by atoms with E-state index in [-0.39, 0.29) is 0 Å². The normalized spacial score (nSPS) is 14.3. The van der Waals surface area contributed by atoms with Crippen molar-refractivity contribution in [3.8, 4) is 16.8 Å². The van der Waals surface area contributed by atoms with Crippen LogP contribution in [0.5, 0.6) is 0 Å². The fourth-order valence-corrected chi connectivity index (χ4v) is 7.78. The van der Waals surface area contributed by atoms with Crippen molar-refractivity contribution in [2.75, 3.05) is 0 Å². The average molecular weight is 646 g/mol. The predicted molar refractivity (Wildman–Crippen MR) is 217 cm³/mol. The van der Waals surface area contributed by atoms with Crippen LogP contribution in [0.1, 0.15) is 54.9 Å². The molecular weight excluding hydrogens is 603 g/mol. The van der Waals surface area contributed by atoms with Gasteiger partial charge in [0.2, 0.25) is 0 Å². The molecule has 0 atom stereocenters. The van der Waals surface area contributed by atoms with E-state index >= 15 is 0 Å². The molecule has 0 N–H and O–H groups in total. The highest BCUT2D eigenvalue weighted by Gasteiger charge is 2.18. The van der Waals surface area contributed by atoms with Gasteiger partial charge in [0.15, 0.2) is 0 Å². The number of nitrogens with zero attached hydrogens (tertiary/aromatic N) is 1. The number of aromatic nitrogens is 1. The summed E-state index contributed by atoms with van der Waals surface area (Å²) in [5.41, 5.74) is 16.0. The van der Waals surface area contributed by atoms with E-state index in [1.807, 2.05) is 0 Å². The van der Waals surface area contributed by atoms with Crippen LogP contribution in [0, 0.1) is 13.8 Å². The van der Waals surface area contributed by atoms with E-state index in [1.165, 1.54) is 88.4 Å². The predicted octanol–water partition coefficient (Wildman–Crippen LogP) is 13.8. The summed E-state index contributed by atoms with van der Waals surface area (Å²) < 4.78 is 2.39. The molecule has 244 valence electrons. The molecule has 0 fully saturated rings. The number of allylic oxidation sites excluding steroid dienone is 8. The van der Waals surface area contributed by atoms with Crippen LogP contribution in [0.25, 0.3) is 60.5 Å².